The molecule has 1 aromatic carbocycles. The molecule has 1 saturated carbocycles. The minimum Gasteiger partial charge on any atom is -0.292 e. The Morgan fingerprint density at radius 2 is 1.91 bits per heavy atom. The lowest BCUT2D eigenvalue weighted by Crippen LogP contribution is -2.54. The molecule has 0 heterocycles. The van der Waals surface area contributed by atoms with Crippen LogP contribution in [0, 0.1) is 20.2 Å². The first-order chi connectivity index (χ1) is 10.4. The molecule has 2 atom stereocenters. The van der Waals surface area contributed by atoms with Crippen molar-refractivity contribution in [3.05, 3.63) is 55.1 Å². The van der Waals surface area contributed by atoms with Crippen molar-refractivity contribution < 1.29 is 14.6 Å². The van der Waals surface area contributed by atoms with E-state index in [4.69, 9.17) is 11.6 Å². The van der Waals surface area contributed by atoms with Crippen LogP contribution in [0.2, 0.25) is 5.02 Å². The smallest absolute Gasteiger partial charge is 0.292 e. The van der Waals surface area contributed by atoms with Gasteiger partial charge in [-0.15, -0.1) is 0 Å². The quantitative estimate of drug-likeness (QED) is 0.611. The van der Waals surface area contributed by atoms with E-state index >= 15 is 0 Å². The molecule has 0 N–H and O–H groups in total. The monoisotopic (exact) mass is 326 g/mol. The maximum absolute atomic E-state index is 12.4. The molecule has 0 unspecified atom stereocenters. The van der Waals surface area contributed by atoms with Crippen LogP contribution in [-0.2, 0) is 4.79 Å². The summed E-state index contributed by atoms with van der Waals surface area (Å²) >= 11 is 6.08. The summed E-state index contributed by atoms with van der Waals surface area (Å²) in [5.74, 6) is -1.71. The number of Topliss-reactive ketones (excluding diaryl/α,β-unsaturated/α-hetero) is 1. The Hall–Kier alpha value is -2.02. The molecule has 2 rings (SSSR count). The average Bonchev–Trinajstić information content (AvgIpc) is 2.46. The molecule has 0 aromatic heterocycles. The highest BCUT2D eigenvalue weighted by Crippen LogP contribution is 2.42. The molecule has 7 nitrogen and oxygen atoms in total. The molecule has 0 radical (unpaired) electrons. The van der Waals surface area contributed by atoms with Gasteiger partial charge in [-0.3, -0.25) is 25.0 Å². The summed E-state index contributed by atoms with van der Waals surface area (Å²) in [7, 11) is 0. The third-order valence-electron chi connectivity index (χ3n) is 4.21. The lowest BCUT2D eigenvalue weighted by molar-refractivity contribution is -0.574. The number of carbonyl (C=O) groups excluding carboxylic acids is 1. The number of carbonyl (C=O) groups is 1. The van der Waals surface area contributed by atoms with Crippen molar-refractivity contribution in [3.63, 3.8) is 0 Å². The number of hydrogen-bond donors (Lipinski definition) is 0. The Morgan fingerprint density at radius 1 is 1.23 bits per heavy atom. The second-order valence-electron chi connectivity index (χ2n) is 5.40. The van der Waals surface area contributed by atoms with Gasteiger partial charge < -0.3 is 0 Å². The fourth-order valence-electron chi connectivity index (χ4n) is 3.14. The Bertz CT molecular complexity index is 621. The van der Waals surface area contributed by atoms with Crippen LogP contribution in [0.5, 0.6) is 0 Å². The van der Waals surface area contributed by atoms with Gasteiger partial charge in [0, 0.05) is 27.7 Å². The van der Waals surface area contributed by atoms with Gasteiger partial charge in [0.15, 0.2) is 0 Å². The van der Waals surface area contributed by atoms with E-state index in [1.165, 1.54) is 12.1 Å². The van der Waals surface area contributed by atoms with Crippen molar-refractivity contribution in [2.45, 2.75) is 37.1 Å². The Morgan fingerprint density at radius 3 is 2.45 bits per heavy atom. The van der Waals surface area contributed by atoms with Gasteiger partial charge in [0.1, 0.15) is 5.92 Å². The largest absolute Gasteiger partial charge is 0.292 e. The maximum Gasteiger partial charge on any atom is 0.292 e. The van der Waals surface area contributed by atoms with Crippen LogP contribution in [0.4, 0.5) is 0 Å². The normalized spacial score (nSPS) is 23.0. The molecule has 0 spiro atoms. The highest BCUT2D eigenvalue weighted by Gasteiger charge is 2.60. The number of benzene rings is 1. The van der Waals surface area contributed by atoms with Crippen LogP contribution < -0.4 is 0 Å². The summed E-state index contributed by atoms with van der Waals surface area (Å²) in [6.07, 6.45) is 1.13. The summed E-state index contributed by atoms with van der Waals surface area (Å²) in [4.78, 5) is 33.8. The highest BCUT2D eigenvalue weighted by molar-refractivity contribution is 6.31. The summed E-state index contributed by atoms with van der Waals surface area (Å²) < 4.78 is 0. The van der Waals surface area contributed by atoms with Crippen molar-refractivity contribution in [2.24, 2.45) is 0 Å². The number of nitro groups is 2. The molecule has 0 saturated heterocycles. The molecule has 1 aliphatic carbocycles. The number of nitrogens with zero attached hydrogens (tertiary/aromatic N) is 2. The van der Waals surface area contributed by atoms with E-state index in [1.807, 2.05) is 0 Å². The van der Waals surface area contributed by atoms with Crippen molar-refractivity contribution in [1.82, 2.24) is 0 Å². The number of ketones is 1. The summed E-state index contributed by atoms with van der Waals surface area (Å²) in [6, 6.07) is 6.28. The fraction of sp³-hybridized carbons (Fsp3) is 0.500. The Balaban J connectivity index is 2.60. The van der Waals surface area contributed by atoms with Gasteiger partial charge in [0.05, 0.1) is 0 Å². The van der Waals surface area contributed by atoms with Gasteiger partial charge in [0.2, 0.25) is 12.3 Å². The van der Waals surface area contributed by atoms with Crippen LogP contribution >= 0.6 is 11.6 Å². The van der Waals surface area contributed by atoms with Gasteiger partial charge >= 0.3 is 0 Å². The van der Waals surface area contributed by atoms with Crippen molar-refractivity contribution >= 4 is 17.4 Å². The van der Waals surface area contributed by atoms with E-state index in [9.17, 15) is 25.0 Å². The van der Waals surface area contributed by atoms with Crippen molar-refractivity contribution in [3.8, 4) is 0 Å². The Kier molecular flexibility index (Phi) is 4.75. The molecule has 0 aliphatic heterocycles. The molecule has 118 valence electrons. The first kappa shape index (κ1) is 16.4. The molecular weight excluding hydrogens is 312 g/mol. The first-order valence-corrected chi connectivity index (χ1v) is 7.31. The van der Waals surface area contributed by atoms with Crippen LogP contribution in [0.1, 0.15) is 37.2 Å². The number of rotatable bonds is 5. The van der Waals surface area contributed by atoms with E-state index in [2.05, 4.69) is 0 Å². The summed E-state index contributed by atoms with van der Waals surface area (Å²) in [6.45, 7) is -0.698. The first-order valence-electron chi connectivity index (χ1n) is 6.93. The Labute approximate surface area is 131 Å². The molecule has 0 amide bonds. The third kappa shape index (κ3) is 2.81. The SMILES string of the molecule is O=C1CCCC[C@@]1([C@H](C[N+](=O)[O-])c1ccccc1Cl)[N+](=O)[O-]. The van der Waals surface area contributed by atoms with Gasteiger partial charge in [-0.05, 0) is 24.5 Å². The lowest BCUT2D eigenvalue weighted by atomic mass is 9.69. The summed E-state index contributed by atoms with van der Waals surface area (Å²) in [5.41, 5.74) is -1.68. The number of hydrogen-bond acceptors (Lipinski definition) is 5. The highest BCUT2D eigenvalue weighted by atomic mass is 35.5. The lowest BCUT2D eigenvalue weighted by Gasteiger charge is -2.33. The predicted molar refractivity (Wildman–Crippen MR) is 79.3 cm³/mol. The van der Waals surface area contributed by atoms with Crippen molar-refractivity contribution in [2.75, 3.05) is 6.54 Å². The zero-order valence-electron chi connectivity index (χ0n) is 11.7. The topological polar surface area (TPSA) is 103 Å². The van der Waals surface area contributed by atoms with E-state index in [0.29, 0.717) is 12.8 Å². The van der Waals surface area contributed by atoms with E-state index < -0.39 is 33.6 Å². The van der Waals surface area contributed by atoms with E-state index in [1.54, 1.807) is 12.1 Å². The number of halogens is 1. The molecule has 8 heteroatoms. The molecular formula is C14H15ClN2O5. The minimum absolute atomic E-state index is 0.00254. The third-order valence-corrected chi connectivity index (χ3v) is 4.55. The van der Waals surface area contributed by atoms with Crippen LogP contribution in [-0.4, -0.2) is 27.7 Å². The van der Waals surface area contributed by atoms with Crippen LogP contribution in [0.25, 0.3) is 0 Å². The van der Waals surface area contributed by atoms with E-state index in [0.717, 1.165) is 0 Å². The maximum atomic E-state index is 12.4. The van der Waals surface area contributed by atoms with Gasteiger partial charge in [-0.25, -0.2) is 0 Å². The van der Waals surface area contributed by atoms with Gasteiger partial charge in [0.25, 0.3) is 5.54 Å². The fourth-order valence-corrected chi connectivity index (χ4v) is 3.41. The molecule has 1 aromatic rings. The average molecular weight is 327 g/mol. The van der Waals surface area contributed by atoms with Gasteiger partial charge in [-0.2, -0.15) is 0 Å². The zero-order chi connectivity index (χ0) is 16.3. The zero-order valence-corrected chi connectivity index (χ0v) is 12.5. The van der Waals surface area contributed by atoms with Crippen LogP contribution in [0.15, 0.2) is 24.3 Å². The molecule has 1 fully saturated rings. The second kappa shape index (κ2) is 6.39. The molecule has 0 bridgehead atoms. The molecule has 22 heavy (non-hydrogen) atoms. The summed E-state index contributed by atoms with van der Waals surface area (Å²) in [5, 5.41) is 23.0. The van der Waals surface area contributed by atoms with Crippen LogP contribution in [0.3, 0.4) is 0 Å². The van der Waals surface area contributed by atoms with Crippen molar-refractivity contribution in [1.29, 1.82) is 0 Å². The van der Waals surface area contributed by atoms with E-state index in [-0.39, 0.29) is 23.4 Å². The molecule has 1 aliphatic rings. The van der Waals surface area contributed by atoms with Gasteiger partial charge in [-0.1, -0.05) is 29.8 Å². The second-order valence-corrected chi connectivity index (χ2v) is 5.81. The predicted octanol–water partition coefficient (Wildman–Crippen LogP) is 2.86. The standard InChI is InChI=1S/C14H15ClN2O5/c15-12-6-2-1-5-10(12)11(9-16(19)20)14(17(21)22)8-4-3-7-13(14)18/h1-2,5-6,11H,3-4,7-9H2/t11-,14+/m1/s1. The minimum atomic E-state index is -1.96.